The second kappa shape index (κ2) is 8.13. The predicted octanol–water partition coefficient (Wildman–Crippen LogP) is 3.52. The predicted molar refractivity (Wildman–Crippen MR) is 97.0 cm³/mol. The Bertz CT molecular complexity index is 1070. The van der Waals surface area contributed by atoms with Gasteiger partial charge in [-0.05, 0) is 29.8 Å². The molecule has 0 bridgehead atoms. The molecule has 6 nitrogen and oxygen atoms in total. The van der Waals surface area contributed by atoms with Gasteiger partial charge in [-0.3, -0.25) is 9.71 Å². The lowest BCUT2D eigenvalue weighted by molar-refractivity contribution is 0.0461. The fourth-order valence-electron chi connectivity index (χ4n) is 2.34. The number of hydrogen-bond donors (Lipinski definition) is 1. The van der Waals surface area contributed by atoms with Gasteiger partial charge in [-0.15, -0.1) is 0 Å². The van der Waals surface area contributed by atoms with Gasteiger partial charge in [0.15, 0.2) is 0 Å². The van der Waals surface area contributed by atoms with Crippen LogP contribution in [0, 0.1) is 11.6 Å². The van der Waals surface area contributed by atoms with E-state index in [1.807, 2.05) is 4.72 Å². The summed E-state index contributed by atoms with van der Waals surface area (Å²) in [6.07, 6.45) is 2.47. The number of nitrogens with one attached hydrogen (secondary N) is 1. The fourth-order valence-corrected chi connectivity index (χ4v) is 3.35. The van der Waals surface area contributed by atoms with Crippen molar-refractivity contribution in [1.82, 2.24) is 4.98 Å². The maximum absolute atomic E-state index is 14.3. The Balaban J connectivity index is 1.78. The molecule has 1 aromatic heterocycles. The molecule has 0 saturated carbocycles. The summed E-state index contributed by atoms with van der Waals surface area (Å²) in [7, 11) is -4.09. The summed E-state index contributed by atoms with van der Waals surface area (Å²) < 4.78 is 59.9. The third-order valence-electron chi connectivity index (χ3n) is 3.66. The molecule has 0 aliphatic carbocycles. The molecule has 0 unspecified atom stereocenters. The monoisotopic (exact) mass is 404 g/mol. The molecular formula is C19H14F2N2O4S. The van der Waals surface area contributed by atoms with Gasteiger partial charge in [-0.1, -0.05) is 30.3 Å². The minimum atomic E-state index is -4.09. The lowest BCUT2D eigenvalue weighted by atomic mass is 10.2. The van der Waals surface area contributed by atoms with E-state index in [1.54, 1.807) is 30.3 Å². The first-order valence-electron chi connectivity index (χ1n) is 8.00. The van der Waals surface area contributed by atoms with Gasteiger partial charge in [0.25, 0.3) is 10.0 Å². The molecule has 28 heavy (non-hydrogen) atoms. The number of carbonyl (C=O) groups is 1. The van der Waals surface area contributed by atoms with Gasteiger partial charge in [0.2, 0.25) is 0 Å². The molecule has 144 valence electrons. The van der Waals surface area contributed by atoms with Gasteiger partial charge < -0.3 is 4.74 Å². The number of esters is 1. The van der Waals surface area contributed by atoms with Gasteiger partial charge in [0, 0.05) is 12.4 Å². The molecule has 0 fully saturated rings. The molecule has 0 radical (unpaired) electrons. The number of anilines is 1. The largest absolute Gasteiger partial charge is 0.457 e. The fraction of sp³-hybridized carbons (Fsp3) is 0.0526. The molecule has 0 atom stereocenters. The molecule has 1 heterocycles. The van der Waals surface area contributed by atoms with Crippen molar-refractivity contribution in [2.45, 2.75) is 11.5 Å². The highest BCUT2D eigenvalue weighted by molar-refractivity contribution is 7.92. The third-order valence-corrected chi connectivity index (χ3v) is 5.02. The second-order valence-corrected chi connectivity index (χ2v) is 7.35. The van der Waals surface area contributed by atoms with E-state index in [1.165, 1.54) is 18.3 Å². The maximum atomic E-state index is 14.3. The Morgan fingerprint density at radius 3 is 2.32 bits per heavy atom. The van der Waals surface area contributed by atoms with Crippen LogP contribution in [-0.4, -0.2) is 19.4 Å². The molecule has 0 spiro atoms. The summed E-state index contributed by atoms with van der Waals surface area (Å²) in [6.45, 7) is -0.159. The average Bonchev–Trinajstić information content (AvgIpc) is 2.67. The Morgan fingerprint density at radius 2 is 1.71 bits per heavy atom. The first-order valence-corrected chi connectivity index (χ1v) is 9.48. The highest BCUT2D eigenvalue weighted by Crippen LogP contribution is 2.22. The van der Waals surface area contributed by atoms with Crippen LogP contribution < -0.4 is 4.72 Å². The Hall–Kier alpha value is -3.33. The van der Waals surface area contributed by atoms with Crippen LogP contribution in [0.1, 0.15) is 15.9 Å². The van der Waals surface area contributed by atoms with Crippen molar-refractivity contribution < 1.29 is 26.7 Å². The molecule has 3 rings (SSSR count). The Kier molecular flexibility index (Phi) is 5.65. The number of sulfonamides is 1. The van der Waals surface area contributed by atoms with Crippen molar-refractivity contribution in [3.8, 4) is 0 Å². The van der Waals surface area contributed by atoms with Crippen molar-refractivity contribution in [2.75, 3.05) is 4.72 Å². The van der Waals surface area contributed by atoms with E-state index in [4.69, 9.17) is 4.74 Å². The van der Waals surface area contributed by atoms with E-state index >= 15 is 0 Å². The number of halogens is 2. The summed E-state index contributed by atoms with van der Waals surface area (Å²) in [6, 6.07) is 12.7. The molecule has 0 saturated heterocycles. The van der Waals surface area contributed by atoms with Gasteiger partial charge >= 0.3 is 5.97 Å². The molecule has 3 aromatic rings. The number of hydrogen-bond acceptors (Lipinski definition) is 5. The number of benzene rings is 2. The molecule has 2 aromatic carbocycles. The second-order valence-electron chi connectivity index (χ2n) is 5.67. The summed E-state index contributed by atoms with van der Waals surface area (Å²) in [5.74, 6) is -3.69. The Morgan fingerprint density at radius 1 is 1.04 bits per heavy atom. The van der Waals surface area contributed by atoms with E-state index in [0.717, 1.165) is 6.20 Å². The number of ether oxygens (including phenoxy) is 1. The zero-order valence-corrected chi connectivity index (χ0v) is 15.1. The van der Waals surface area contributed by atoms with Crippen LogP contribution in [0.4, 0.5) is 14.5 Å². The summed E-state index contributed by atoms with van der Waals surface area (Å²) in [5.41, 5.74) is -0.628. The van der Waals surface area contributed by atoms with Crippen LogP contribution in [0.25, 0.3) is 0 Å². The standard InChI is InChI=1S/C19H14F2N2O4S/c20-16-9-14(23-28(25,26)15-7-4-8-22-11-15)10-17(21)18(16)19(24)27-12-13-5-2-1-3-6-13/h1-11,23H,12H2. The van der Waals surface area contributed by atoms with Crippen LogP contribution in [0.5, 0.6) is 0 Å². The lowest BCUT2D eigenvalue weighted by Gasteiger charge is -2.11. The molecule has 0 aliphatic rings. The normalized spacial score (nSPS) is 11.1. The lowest BCUT2D eigenvalue weighted by Crippen LogP contribution is -2.15. The summed E-state index contributed by atoms with van der Waals surface area (Å²) >= 11 is 0. The van der Waals surface area contributed by atoms with Crippen molar-refractivity contribution >= 4 is 21.7 Å². The van der Waals surface area contributed by atoms with Crippen molar-refractivity contribution in [3.63, 3.8) is 0 Å². The van der Waals surface area contributed by atoms with E-state index in [9.17, 15) is 22.0 Å². The first-order chi connectivity index (χ1) is 13.4. The molecule has 0 amide bonds. The number of pyridine rings is 1. The van der Waals surface area contributed by atoms with Gasteiger partial charge in [0.05, 0.1) is 5.69 Å². The third kappa shape index (κ3) is 4.49. The highest BCUT2D eigenvalue weighted by Gasteiger charge is 2.22. The van der Waals surface area contributed by atoms with Crippen LogP contribution in [0.15, 0.2) is 71.9 Å². The quantitative estimate of drug-likeness (QED) is 0.636. The van der Waals surface area contributed by atoms with E-state index in [2.05, 4.69) is 4.98 Å². The minimum absolute atomic E-state index is 0.159. The summed E-state index contributed by atoms with van der Waals surface area (Å²) in [4.78, 5) is 15.5. The van der Waals surface area contributed by atoms with Crippen molar-refractivity contribution in [3.05, 3.63) is 89.8 Å². The van der Waals surface area contributed by atoms with Crippen LogP contribution >= 0.6 is 0 Å². The highest BCUT2D eigenvalue weighted by atomic mass is 32.2. The Labute approximate surface area is 159 Å². The van der Waals surface area contributed by atoms with Crippen molar-refractivity contribution in [1.29, 1.82) is 0 Å². The number of rotatable bonds is 6. The first kappa shape index (κ1) is 19.4. The zero-order chi connectivity index (χ0) is 20.1. The van der Waals surface area contributed by atoms with E-state index < -0.39 is 33.2 Å². The zero-order valence-electron chi connectivity index (χ0n) is 14.3. The van der Waals surface area contributed by atoms with Crippen LogP contribution in [0.2, 0.25) is 0 Å². The van der Waals surface area contributed by atoms with Gasteiger partial charge in [-0.25, -0.2) is 22.0 Å². The molecular weight excluding hydrogens is 390 g/mol. The van der Waals surface area contributed by atoms with Crippen molar-refractivity contribution in [2.24, 2.45) is 0 Å². The van der Waals surface area contributed by atoms with Crippen LogP contribution in [0.3, 0.4) is 0 Å². The number of carbonyl (C=O) groups excluding carboxylic acids is 1. The maximum Gasteiger partial charge on any atom is 0.344 e. The van der Waals surface area contributed by atoms with E-state index in [0.29, 0.717) is 17.7 Å². The van der Waals surface area contributed by atoms with E-state index in [-0.39, 0.29) is 17.2 Å². The van der Waals surface area contributed by atoms with Gasteiger partial charge in [-0.2, -0.15) is 0 Å². The molecule has 1 N–H and O–H groups in total. The molecule has 0 aliphatic heterocycles. The number of nitrogens with zero attached hydrogens (tertiary/aromatic N) is 1. The van der Waals surface area contributed by atoms with Gasteiger partial charge in [0.1, 0.15) is 28.7 Å². The SMILES string of the molecule is O=C(OCc1ccccc1)c1c(F)cc(NS(=O)(=O)c2cccnc2)cc1F. The minimum Gasteiger partial charge on any atom is -0.457 e. The molecule has 9 heteroatoms. The van der Waals surface area contributed by atoms with Crippen LogP contribution in [-0.2, 0) is 21.4 Å². The average molecular weight is 404 g/mol. The smallest absolute Gasteiger partial charge is 0.344 e. The topological polar surface area (TPSA) is 85.4 Å². The number of aromatic nitrogens is 1. The summed E-state index contributed by atoms with van der Waals surface area (Å²) in [5, 5.41) is 0.